The number of carboxylic acid groups (broad SMARTS) is 1. The highest BCUT2D eigenvalue weighted by molar-refractivity contribution is 14.1. The zero-order valence-electron chi connectivity index (χ0n) is 17.4. The number of nitrogens with one attached hydrogen (secondary N) is 2. The molecule has 0 aliphatic heterocycles. The number of hydrogen-bond acceptors (Lipinski definition) is 7. The van der Waals surface area contributed by atoms with Crippen LogP contribution in [-0.4, -0.2) is 34.8 Å². The van der Waals surface area contributed by atoms with E-state index in [1.54, 1.807) is 17.5 Å². The van der Waals surface area contributed by atoms with E-state index >= 15 is 0 Å². The lowest BCUT2D eigenvalue weighted by molar-refractivity contribution is -0.139. The minimum atomic E-state index is -4.45. The fourth-order valence-electron chi connectivity index (χ4n) is 2.65. The van der Waals surface area contributed by atoms with Gasteiger partial charge in [-0.25, -0.2) is 15.2 Å². The molecule has 184 valence electrons. The van der Waals surface area contributed by atoms with E-state index in [1.165, 1.54) is 18.3 Å². The van der Waals surface area contributed by atoms with Crippen molar-refractivity contribution in [1.82, 2.24) is 10.4 Å². The first-order chi connectivity index (χ1) is 16.5. The predicted octanol–water partition coefficient (Wildman–Crippen LogP) is 5.27. The molecule has 3 aromatic rings. The largest absolute Gasteiger partial charge is 0.480 e. The number of rotatable bonds is 9. The monoisotopic (exact) mass is 730 g/mol. The van der Waals surface area contributed by atoms with Crippen molar-refractivity contribution in [3.8, 4) is 5.75 Å². The molecule has 0 saturated heterocycles. The number of ether oxygens (including phenoxy) is 1. The van der Waals surface area contributed by atoms with Gasteiger partial charge in [-0.2, -0.15) is 18.3 Å². The van der Waals surface area contributed by atoms with Crippen molar-refractivity contribution >= 4 is 85.4 Å². The van der Waals surface area contributed by atoms with Crippen molar-refractivity contribution in [2.45, 2.75) is 12.6 Å². The van der Waals surface area contributed by atoms with Gasteiger partial charge in [-0.15, -0.1) is 11.3 Å². The average Bonchev–Trinajstić information content (AvgIpc) is 3.19. The first kappa shape index (κ1) is 27.1. The normalized spacial score (nSPS) is 11.5. The van der Waals surface area contributed by atoms with Crippen molar-refractivity contribution < 1.29 is 32.6 Å². The third-order valence-corrected chi connectivity index (χ3v) is 6.51. The number of benzene rings is 2. The number of thiazole rings is 1. The second-order valence-corrected chi connectivity index (χ2v) is 10.00. The lowest BCUT2D eigenvalue weighted by Crippen LogP contribution is -2.20. The van der Waals surface area contributed by atoms with Crippen LogP contribution in [0, 0.1) is 7.14 Å². The Kier molecular flexibility index (Phi) is 9.28. The molecule has 0 unspecified atom stereocenters. The van der Waals surface area contributed by atoms with Crippen LogP contribution >= 0.6 is 56.5 Å². The van der Waals surface area contributed by atoms with Gasteiger partial charge in [0, 0.05) is 11.1 Å². The van der Waals surface area contributed by atoms with Crippen molar-refractivity contribution in [1.29, 1.82) is 0 Å². The molecule has 8 nitrogen and oxygen atoms in total. The molecule has 0 spiro atoms. The minimum Gasteiger partial charge on any atom is -0.480 e. The Bertz CT molecular complexity index is 1240. The number of nitrogens with zero attached hydrogens (tertiary/aromatic N) is 2. The zero-order chi connectivity index (χ0) is 25.6. The minimum absolute atomic E-state index is 0.0743. The summed E-state index contributed by atoms with van der Waals surface area (Å²) in [6.45, 7) is -0.455. The molecule has 0 saturated carbocycles. The van der Waals surface area contributed by atoms with Crippen LogP contribution in [0.2, 0.25) is 0 Å². The first-order valence-corrected chi connectivity index (χ1v) is 12.6. The Morgan fingerprint density at radius 1 is 1.20 bits per heavy atom. The number of aliphatic carboxylic acids is 1. The molecule has 2 aromatic carbocycles. The summed E-state index contributed by atoms with van der Waals surface area (Å²) in [6.07, 6.45) is -3.09. The molecule has 14 heteroatoms. The number of carboxylic acids is 1. The van der Waals surface area contributed by atoms with E-state index in [9.17, 15) is 22.8 Å². The summed E-state index contributed by atoms with van der Waals surface area (Å²) in [7, 11) is 0. The highest BCUT2D eigenvalue weighted by atomic mass is 127. The maximum absolute atomic E-state index is 12.9. The number of alkyl halides is 3. The Labute approximate surface area is 228 Å². The Morgan fingerprint density at radius 2 is 1.91 bits per heavy atom. The molecule has 3 rings (SSSR count). The number of carbonyl (C=O) groups excluding carboxylic acids is 1. The summed E-state index contributed by atoms with van der Waals surface area (Å²) >= 11 is 5.19. The molecule has 1 amide bonds. The maximum atomic E-state index is 12.9. The second kappa shape index (κ2) is 12.0. The molecule has 0 radical (unpaired) electrons. The number of carbonyl (C=O) groups is 2. The first-order valence-electron chi connectivity index (χ1n) is 9.55. The van der Waals surface area contributed by atoms with Gasteiger partial charge in [0.15, 0.2) is 11.7 Å². The van der Waals surface area contributed by atoms with E-state index in [4.69, 9.17) is 9.84 Å². The molecule has 0 aliphatic rings. The highest BCUT2D eigenvalue weighted by Gasteiger charge is 2.30. The molecule has 35 heavy (non-hydrogen) atoms. The number of hydrazone groups is 1. The Balaban J connectivity index is 1.55. The molecule has 0 atom stereocenters. The van der Waals surface area contributed by atoms with Gasteiger partial charge in [-0.05, 0) is 81.1 Å². The standard InChI is InChI=1S/C21H15F3I2N4O4S/c22-21(23,24)12-2-1-3-13(6-12)28-20-29-14(10-35-20)7-17(31)30-27-8-11-4-15(25)19(16(26)5-11)34-9-18(32)33/h1-6,8,10H,7,9H2,(H,28,29)(H,30,31)(H,32,33)/b27-8-. The maximum Gasteiger partial charge on any atom is 0.416 e. The SMILES string of the molecule is O=C(O)COc1c(I)cc(/C=N\NC(=O)Cc2csc(Nc3cccc(C(F)(F)F)c3)n2)cc1I. The highest BCUT2D eigenvalue weighted by Crippen LogP contribution is 2.32. The molecule has 3 N–H and O–H groups in total. The smallest absolute Gasteiger partial charge is 0.416 e. The van der Waals surface area contributed by atoms with Crippen LogP contribution in [0.1, 0.15) is 16.8 Å². The summed E-state index contributed by atoms with van der Waals surface area (Å²) in [5.41, 5.74) is 2.95. The van der Waals surface area contributed by atoms with E-state index in [2.05, 4.69) is 20.8 Å². The van der Waals surface area contributed by atoms with Gasteiger partial charge in [0.1, 0.15) is 5.75 Å². The summed E-state index contributed by atoms with van der Waals surface area (Å²) in [4.78, 5) is 27.1. The third-order valence-electron chi connectivity index (χ3n) is 4.10. The number of halogens is 5. The zero-order valence-corrected chi connectivity index (χ0v) is 22.5. The van der Waals surface area contributed by atoms with Crippen LogP contribution in [-0.2, 0) is 22.2 Å². The van der Waals surface area contributed by atoms with Gasteiger partial charge in [0.25, 0.3) is 0 Å². The average molecular weight is 730 g/mol. The van der Waals surface area contributed by atoms with Crippen LogP contribution in [0.5, 0.6) is 5.75 Å². The summed E-state index contributed by atoms with van der Waals surface area (Å²) in [6, 6.07) is 8.19. The van der Waals surface area contributed by atoms with Gasteiger partial charge in [-0.3, -0.25) is 4.79 Å². The number of amides is 1. The van der Waals surface area contributed by atoms with Crippen molar-refractivity contribution in [2.75, 3.05) is 11.9 Å². The summed E-state index contributed by atoms with van der Waals surface area (Å²) in [5.74, 6) is -1.06. The molecule has 0 aliphatic carbocycles. The quantitative estimate of drug-likeness (QED) is 0.157. The van der Waals surface area contributed by atoms with Gasteiger partial charge < -0.3 is 15.2 Å². The van der Waals surface area contributed by atoms with Crippen LogP contribution in [0.15, 0.2) is 46.9 Å². The van der Waals surface area contributed by atoms with E-state index in [-0.39, 0.29) is 12.1 Å². The number of anilines is 2. The Morgan fingerprint density at radius 3 is 2.57 bits per heavy atom. The second-order valence-electron chi connectivity index (χ2n) is 6.81. The van der Waals surface area contributed by atoms with Crippen LogP contribution in [0.3, 0.4) is 0 Å². The van der Waals surface area contributed by atoms with E-state index in [0.717, 1.165) is 23.5 Å². The topological polar surface area (TPSA) is 113 Å². The van der Waals surface area contributed by atoms with Crippen molar-refractivity contribution in [2.24, 2.45) is 5.10 Å². The molecular weight excluding hydrogens is 715 g/mol. The third kappa shape index (κ3) is 8.31. The lowest BCUT2D eigenvalue weighted by Gasteiger charge is -2.09. The fraction of sp³-hybridized carbons (Fsp3) is 0.143. The molecule has 1 heterocycles. The predicted molar refractivity (Wildman–Crippen MR) is 141 cm³/mol. The van der Waals surface area contributed by atoms with Crippen LogP contribution in [0.4, 0.5) is 24.0 Å². The summed E-state index contributed by atoms with van der Waals surface area (Å²) in [5, 5.41) is 17.5. The molecule has 1 aromatic heterocycles. The van der Waals surface area contributed by atoms with Crippen molar-refractivity contribution in [3.05, 3.63) is 65.7 Å². The number of hydrogen-bond donors (Lipinski definition) is 3. The van der Waals surface area contributed by atoms with Gasteiger partial charge in [0.2, 0.25) is 5.91 Å². The van der Waals surface area contributed by atoms with Crippen molar-refractivity contribution in [3.63, 3.8) is 0 Å². The van der Waals surface area contributed by atoms with Gasteiger partial charge in [0.05, 0.1) is 31.0 Å². The lowest BCUT2D eigenvalue weighted by atomic mass is 10.2. The van der Waals surface area contributed by atoms with Gasteiger partial charge in [-0.1, -0.05) is 6.07 Å². The molecule has 0 bridgehead atoms. The van der Waals surface area contributed by atoms with E-state index in [1.807, 2.05) is 45.2 Å². The summed E-state index contributed by atoms with van der Waals surface area (Å²) < 4.78 is 45.2. The molecular formula is C21H15F3I2N4O4S. The van der Waals surface area contributed by atoms with E-state index in [0.29, 0.717) is 29.3 Å². The van der Waals surface area contributed by atoms with Crippen LogP contribution < -0.4 is 15.5 Å². The van der Waals surface area contributed by atoms with Crippen LogP contribution in [0.25, 0.3) is 0 Å². The fourth-order valence-corrected chi connectivity index (χ4v) is 5.51. The van der Waals surface area contributed by atoms with Gasteiger partial charge >= 0.3 is 12.1 Å². The van der Waals surface area contributed by atoms with E-state index < -0.39 is 30.2 Å². The number of aromatic nitrogens is 1. The molecule has 0 fully saturated rings. The Hall–Kier alpha value is -2.47.